The Balaban J connectivity index is 1.98. The van der Waals surface area contributed by atoms with Gasteiger partial charge >= 0.3 is 0 Å². The van der Waals surface area contributed by atoms with Gasteiger partial charge in [-0.3, -0.25) is 0 Å². The minimum atomic E-state index is 0.618. The summed E-state index contributed by atoms with van der Waals surface area (Å²) < 4.78 is 4.42. The molecule has 1 aliphatic rings. The zero-order valence-corrected chi connectivity index (χ0v) is 11.6. The number of anilines is 1. The maximum Gasteiger partial charge on any atom is 0.205 e. The molecule has 2 rings (SSSR count). The Morgan fingerprint density at radius 2 is 2.29 bits per heavy atom. The summed E-state index contributed by atoms with van der Waals surface area (Å²) in [5.74, 6) is 1.01. The Kier molecular flexibility index (Phi) is 4.74. The number of hydrogen-bond acceptors (Lipinski definition) is 5. The number of nitrogens with one attached hydrogen (secondary N) is 1. The summed E-state index contributed by atoms with van der Waals surface area (Å²) in [6.07, 6.45) is 5.84. The van der Waals surface area contributed by atoms with Gasteiger partial charge in [0.25, 0.3) is 0 Å². The maximum atomic E-state index is 4.62. The van der Waals surface area contributed by atoms with E-state index < -0.39 is 0 Å². The normalized spacial score (nSPS) is 21.2. The number of rotatable bonds is 4. The molecule has 0 amide bonds. The first-order chi connectivity index (χ1) is 8.31. The van der Waals surface area contributed by atoms with Crippen molar-refractivity contribution in [3.63, 3.8) is 0 Å². The maximum absolute atomic E-state index is 4.62. The number of nitrogens with zero attached hydrogens (tertiary/aromatic N) is 3. The SMILES string of the molecule is CCCc1nsc(N(C)C2CCCNCC2)n1. The highest BCUT2D eigenvalue weighted by atomic mass is 32.1. The lowest BCUT2D eigenvalue weighted by molar-refractivity contribution is 0.565. The van der Waals surface area contributed by atoms with E-state index in [1.165, 1.54) is 19.3 Å². The molecule has 96 valence electrons. The van der Waals surface area contributed by atoms with E-state index in [0.717, 1.165) is 36.9 Å². The lowest BCUT2D eigenvalue weighted by Gasteiger charge is -2.25. The molecular formula is C12H22N4S. The molecular weight excluding hydrogens is 232 g/mol. The van der Waals surface area contributed by atoms with Crippen LogP contribution in [0.15, 0.2) is 0 Å². The fourth-order valence-electron chi connectivity index (χ4n) is 2.26. The molecule has 1 unspecified atom stereocenters. The summed E-state index contributed by atoms with van der Waals surface area (Å²) >= 11 is 1.54. The molecule has 0 aromatic carbocycles. The minimum absolute atomic E-state index is 0.618. The summed E-state index contributed by atoms with van der Waals surface area (Å²) in [7, 11) is 2.16. The molecule has 17 heavy (non-hydrogen) atoms. The van der Waals surface area contributed by atoms with Gasteiger partial charge in [-0.1, -0.05) is 6.92 Å². The van der Waals surface area contributed by atoms with Crippen LogP contribution in [0.5, 0.6) is 0 Å². The number of aryl methyl sites for hydroxylation is 1. The van der Waals surface area contributed by atoms with Crippen LogP contribution in [0.25, 0.3) is 0 Å². The molecule has 4 nitrogen and oxygen atoms in total. The first-order valence-corrected chi connectivity index (χ1v) is 7.34. The first-order valence-electron chi connectivity index (χ1n) is 6.57. The molecule has 0 radical (unpaired) electrons. The number of hydrogen-bond donors (Lipinski definition) is 1. The molecule has 0 bridgehead atoms. The monoisotopic (exact) mass is 254 g/mol. The van der Waals surface area contributed by atoms with Gasteiger partial charge in [-0.15, -0.1) is 0 Å². The largest absolute Gasteiger partial charge is 0.347 e. The highest BCUT2D eigenvalue weighted by Crippen LogP contribution is 2.22. The third-order valence-electron chi connectivity index (χ3n) is 3.33. The molecule has 1 aromatic rings. The van der Waals surface area contributed by atoms with Gasteiger partial charge in [-0.05, 0) is 38.8 Å². The van der Waals surface area contributed by atoms with Crippen molar-refractivity contribution in [3.05, 3.63) is 5.82 Å². The van der Waals surface area contributed by atoms with Crippen LogP contribution in [0, 0.1) is 0 Å². The van der Waals surface area contributed by atoms with Crippen LogP contribution in [-0.4, -0.2) is 35.5 Å². The predicted molar refractivity (Wildman–Crippen MR) is 72.8 cm³/mol. The Labute approximate surface area is 108 Å². The molecule has 1 fully saturated rings. The standard InChI is InChI=1S/C12H22N4S/c1-3-5-11-14-12(17-15-11)16(2)10-6-4-8-13-9-7-10/h10,13H,3-9H2,1-2H3. The van der Waals surface area contributed by atoms with Crippen molar-refractivity contribution in [2.45, 2.75) is 45.1 Å². The molecule has 1 aliphatic heterocycles. The molecule has 2 heterocycles. The molecule has 0 saturated carbocycles. The Hall–Kier alpha value is -0.680. The number of aromatic nitrogens is 2. The predicted octanol–water partition coefficient (Wildman–Crippen LogP) is 2.07. The van der Waals surface area contributed by atoms with Crippen molar-refractivity contribution in [2.24, 2.45) is 0 Å². The average Bonchev–Trinajstić information content (AvgIpc) is 2.64. The highest BCUT2D eigenvalue weighted by Gasteiger charge is 2.19. The zero-order chi connectivity index (χ0) is 12.1. The molecule has 1 saturated heterocycles. The summed E-state index contributed by atoms with van der Waals surface area (Å²) in [5, 5.41) is 4.53. The van der Waals surface area contributed by atoms with E-state index in [-0.39, 0.29) is 0 Å². The van der Waals surface area contributed by atoms with Gasteiger partial charge < -0.3 is 10.2 Å². The second kappa shape index (κ2) is 6.31. The van der Waals surface area contributed by atoms with Crippen LogP contribution >= 0.6 is 11.5 Å². The molecule has 0 aliphatic carbocycles. The van der Waals surface area contributed by atoms with Crippen molar-refractivity contribution >= 4 is 16.7 Å². The zero-order valence-electron chi connectivity index (χ0n) is 10.8. The lowest BCUT2D eigenvalue weighted by atomic mass is 10.1. The van der Waals surface area contributed by atoms with E-state index >= 15 is 0 Å². The van der Waals surface area contributed by atoms with Crippen LogP contribution in [-0.2, 0) is 6.42 Å². The summed E-state index contributed by atoms with van der Waals surface area (Å²) in [6, 6.07) is 0.618. The van der Waals surface area contributed by atoms with E-state index in [0.29, 0.717) is 6.04 Å². The van der Waals surface area contributed by atoms with E-state index in [1.807, 2.05) is 0 Å². The van der Waals surface area contributed by atoms with E-state index in [4.69, 9.17) is 0 Å². The minimum Gasteiger partial charge on any atom is -0.347 e. The topological polar surface area (TPSA) is 41.1 Å². The van der Waals surface area contributed by atoms with Crippen molar-refractivity contribution < 1.29 is 0 Å². The van der Waals surface area contributed by atoms with E-state index in [2.05, 4.69) is 33.5 Å². The van der Waals surface area contributed by atoms with E-state index in [1.54, 1.807) is 11.5 Å². The third-order valence-corrected chi connectivity index (χ3v) is 4.17. The summed E-state index contributed by atoms with van der Waals surface area (Å²) in [5.41, 5.74) is 0. The van der Waals surface area contributed by atoms with Gasteiger partial charge in [0.05, 0.1) is 0 Å². The first kappa shape index (κ1) is 12.8. The van der Waals surface area contributed by atoms with Gasteiger partial charge in [0.1, 0.15) is 5.82 Å². The van der Waals surface area contributed by atoms with Gasteiger partial charge in [-0.2, -0.15) is 4.37 Å². The summed E-state index contributed by atoms with van der Waals surface area (Å²) in [6.45, 7) is 4.44. The van der Waals surface area contributed by atoms with Gasteiger partial charge in [-0.25, -0.2) is 4.98 Å². The van der Waals surface area contributed by atoms with E-state index in [9.17, 15) is 0 Å². The Bertz CT molecular complexity index is 331. The van der Waals surface area contributed by atoms with Gasteiger partial charge in [0, 0.05) is 31.0 Å². The van der Waals surface area contributed by atoms with Gasteiger partial charge in [0.2, 0.25) is 5.13 Å². The van der Waals surface area contributed by atoms with Crippen molar-refractivity contribution in [3.8, 4) is 0 Å². The lowest BCUT2D eigenvalue weighted by Crippen LogP contribution is -2.32. The fourth-order valence-corrected chi connectivity index (χ4v) is 3.00. The smallest absolute Gasteiger partial charge is 0.205 e. The highest BCUT2D eigenvalue weighted by molar-refractivity contribution is 7.09. The van der Waals surface area contributed by atoms with Crippen molar-refractivity contribution in [1.29, 1.82) is 0 Å². The fraction of sp³-hybridized carbons (Fsp3) is 0.833. The van der Waals surface area contributed by atoms with Crippen LogP contribution in [0.3, 0.4) is 0 Å². The second-order valence-corrected chi connectivity index (χ2v) is 5.42. The average molecular weight is 254 g/mol. The van der Waals surface area contributed by atoms with Crippen LogP contribution in [0.2, 0.25) is 0 Å². The summed E-state index contributed by atoms with van der Waals surface area (Å²) in [4.78, 5) is 6.94. The quantitative estimate of drug-likeness (QED) is 0.893. The van der Waals surface area contributed by atoms with Crippen LogP contribution in [0.4, 0.5) is 5.13 Å². The molecule has 1 aromatic heterocycles. The molecule has 1 N–H and O–H groups in total. The third kappa shape index (κ3) is 3.39. The molecule has 1 atom stereocenters. The van der Waals surface area contributed by atoms with Crippen molar-refractivity contribution in [2.75, 3.05) is 25.0 Å². The Morgan fingerprint density at radius 3 is 3.12 bits per heavy atom. The van der Waals surface area contributed by atoms with Gasteiger partial charge in [0.15, 0.2) is 0 Å². The Morgan fingerprint density at radius 1 is 1.41 bits per heavy atom. The second-order valence-electron chi connectivity index (χ2n) is 4.69. The molecule has 0 spiro atoms. The van der Waals surface area contributed by atoms with Crippen LogP contribution < -0.4 is 10.2 Å². The van der Waals surface area contributed by atoms with Crippen molar-refractivity contribution in [1.82, 2.24) is 14.7 Å². The van der Waals surface area contributed by atoms with Crippen LogP contribution in [0.1, 0.15) is 38.4 Å². The molecule has 5 heteroatoms.